The second-order valence-electron chi connectivity index (χ2n) is 3.36. The first kappa shape index (κ1) is 13.3. The first-order valence-corrected chi connectivity index (χ1v) is 6.01. The van der Waals surface area contributed by atoms with Gasteiger partial charge in [-0.05, 0) is 40.5 Å². The minimum atomic E-state index is 0.0803. The second-order valence-corrected chi connectivity index (χ2v) is 4.21. The zero-order chi connectivity index (χ0) is 11.8. The van der Waals surface area contributed by atoms with Crippen molar-refractivity contribution in [2.24, 2.45) is 0 Å². The SMILES string of the molecule is Nc1ccc(NCCCOCCO)c(Br)c1. The molecule has 4 nitrogen and oxygen atoms in total. The van der Waals surface area contributed by atoms with Crippen LogP contribution < -0.4 is 11.1 Å². The van der Waals surface area contributed by atoms with Crippen molar-refractivity contribution < 1.29 is 9.84 Å². The fourth-order valence-corrected chi connectivity index (χ4v) is 1.78. The molecule has 16 heavy (non-hydrogen) atoms. The lowest BCUT2D eigenvalue weighted by Gasteiger charge is -2.09. The quantitative estimate of drug-likeness (QED) is 0.529. The lowest BCUT2D eigenvalue weighted by Crippen LogP contribution is -2.08. The highest BCUT2D eigenvalue weighted by Gasteiger charge is 1.98. The molecule has 90 valence electrons. The molecular formula is C11H17BrN2O2. The van der Waals surface area contributed by atoms with Gasteiger partial charge in [0, 0.05) is 29.0 Å². The summed E-state index contributed by atoms with van der Waals surface area (Å²) in [5.41, 5.74) is 7.40. The number of hydrogen-bond donors (Lipinski definition) is 3. The highest BCUT2D eigenvalue weighted by molar-refractivity contribution is 9.10. The number of hydrogen-bond acceptors (Lipinski definition) is 4. The van der Waals surface area contributed by atoms with Gasteiger partial charge in [-0.2, -0.15) is 0 Å². The van der Waals surface area contributed by atoms with Gasteiger partial charge in [-0.3, -0.25) is 0 Å². The number of nitrogen functional groups attached to an aromatic ring is 1. The summed E-state index contributed by atoms with van der Waals surface area (Å²) in [5.74, 6) is 0. The van der Waals surface area contributed by atoms with Crippen molar-refractivity contribution >= 4 is 27.3 Å². The Hall–Kier alpha value is -0.780. The van der Waals surface area contributed by atoms with Gasteiger partial charge in [-0.15, -0.1) is 0 Å². The summed E-state index contributed by atoms with van der Waals surface area (Å²) in [7, 11) is 0. The Kier molecular flexibility index (Phi) is 6.22. The van der Waals surface area contributed by atoms with Crippen molar-refractivity contribution in [2.45, 2.75) is 6.42 Å². The molecule has 0 saturated heterocycles. The normalized spacial score (nSPS) is 10.4. The van der Waals surface area contributed by atoms with Crippen molar-refractivity contribution in [1.82, 2.24) is 0 Å². The molecule has 0 bridgehead atoms. The predicted octanol–water partition coefficient (Wildman–Crippen LogP) is 1.84. The van der Waals surface area contributed by atoms with Crippen LogP contribution in [0.1, 0.15) is 6.42 Å². The van der Waals surface area contributed by atoms with Crippen LogP contribution in [0, 0.1) is 0 Å². The number of rotatable bonds is 7. The van der Waals surface area contributed by atoms with E-state index in [2.05, 4.69) is 21.2 Å². The Balaban J connectivity index is 2.21. The molecule has 1 aromatic carbocycles. The number of aliphatic hydroxyl groups is 1. The Bertz CT molecular complexity index is 321. The van der Waals surface area contributed by atoms with E-state index in [0.717, 1.165) is 28.8 Å². The topological polar surface area (TPSA) is 67.5 Å². The lowest BCUT2D eigenvalue weighted by atomic mass is 10.3. The zero-order valence-corrected chi connectivity index (χ0v) is 10.7. The summed E-state index contributed by atoms with van der Waals surface area (Å²) in [6, 6.07) is 5.66. The average Bonchev–Trinajstić information content (AvgIpc) is 2.26. The minimum absolute atomic E-state index is 0.0803. The first-order chi connectivity index (χ1) is 7.74. The van der Waals surface area contributed by atoms with Gasteiger partial charge in [-0.25, -0.2) is 0 Å². The van der Waals surface area contributed by atoms with E-state index in [1.54, 1.807) is 0 Å². The lowest BCUT2D eigenvalue weighted by molar-refractivity contribution is 0.0922. The third kappa shape index (κ3) is 4.83. The van der Waals surface area contributed by atoms with Gasteiger partial charge in [0.2, 0.25) is 0 Å². The number of anilines is 2. The number of aliphatic hydroxyl groups excluding tert-OH is 1. The zero-order valence-electron chi connectivity index (χ0n) is 9.08. The minimum Gasteiger partial charge on any atom is -0.399 e. The van der Waals surface area contributed by atoms with Crippen LogP contribution in [0.25, 0.3) is 0 Å². The fraction of sp³-hybridized carbons (Fsp3) is 0.455. The Labute approximate surface area is 104 Å². The summed E-state index contributed by atoms with van der Waals surface area (Å²) in [6.45, 7) is 1.97. The average molecular weight is 289 g/mol. The maximum atomic E-state index is 8.50. The Morgan fingerprint density at radius 1 is 1.38 bits per heavy atom. The van der Waals surface area contributed by atoms with E-state index in [1.807, 2.05) is 18.2 Å². The van der Waals surface area contributed by atoms with Crippen LogP contribution in [0.2, 0.25) is 0 Å². The van der Waals surface area contributed by atoms with Crippen molar-refractivity contribution in [3.63, 3.8) is 0 Å². The van der Waals surface area contributed by atoms with Crippen LogP contribution in [0.3, 0.4) is 0 Å². The van der Waals surface area contributed by atoms with Crippen LogP contribution >= 0.6 is 15.9 Å². The van der Waals surface area contributed by atoms with Crippen LogP contribution in [-0.4, -0.2) is 31.5 Å². The number of halogens is 1. The van der Waals surface area contributed by atoms with E-state index < -0.39 is 0 Å². The van der Waals surface area contributed by atoms with Crippen LogP contribution in [0.15, 0.2) is 22.7 Å². The van der Waals surface area contributed by atoms with Crippen molar-refractivity contribution in [3.05, 3.63) is 22.7 Å². The maximum absolute atomic E-state index is 8.50. The van der Waals surface area contributed by atoms with E-state index in [9.17, 15) is 0 Å². The van der Waals surface area contributed by atoms with E-state index in [0.29, 0.717) is 13.2 Å². The molecule has 5 heteroatoms. The summed E-state index contributed by atoms with van der Waals surface area (Å²) < 4.78 is 6.11. The Morgan fingerprint density at radius 2 is 2.19 bits per heavy atom. The van der Waals surface area contributed by atoms with E-state index in [4.69, 9.17) is 15.6 Å². The molecule has 0 aliphatic heterocycles. The number of benzene rings is 1. The largest absolute Gasteiger partial charge is 0.399 e. The third-order valence-electron chi connectivity index (χ3n) is 2.01. The summed E-state index contributed by atoms with van der Waals surface area (Å²) >= 11 is 3.43. The number of nitrogens with two attached hydrogens (primary N) is 1. The van der Waals surface area contributed by atoms with Gasteiger partial charge < -0.3 is 20.9 Å². The molecule has 0 aromatic heterocycles. The fourth-order valence-electron chi connectivity index (χ4n) is 1.24. The molecule has 0 unspecified atom stereocenters. The predicted molar refractivity (Wildman–Crippen MR) is 69.6 cm³/mol. The molecule has 0 amide bonds. The standard InChI is InChI=1S/C11H17BrN2O2/c12-10-8-9(13)2-3-11(10)14-4-1-6-16-7-5-15/h2-3,8,14-15H,1,4-7,13H2. The van der Waals surface area contributed by atoms with Crippen molar-refractivity contribution in [2.75, 3.05) is 37.4 Å². The molecule has 0 radical (unpaired) electrons. The molecule has 1 rings (SSSR count). The van der Waals surface area contributed by atoms with E-state index in [1.165, 1.54) is 0 Å². The van der Waals surface area contributed by atoms with Crippen molar-refractivity contribution in [3.8, 4) is 0 Å². The van der Waals surface area contributed by atoms with Gasteiger partial charge in [-0.1, -0.05) is 0 Å². The maximum Gasteiger partial charge on any atom is 0.0697 e. The molecule has 4 N–H and O–H groups in total. The summed E-state index contributed by atoms with van der Waals surface area (Å²) in [4.78, 5) is 0. The van der Waals surface area contributed by atoms with Crippen LogP contribution in [-0.2, 0) is 4.74 Å². The molecule has 0 spiro atoms. The molecule has 0 heterocycles. The van der Waals surface area contributed by atoms with Gasteiger partial charge in [0.15, 0.2) is 0 Å². The monoisotopic (exact) mass is 288 g/mol. The highest BCUT2D eigenvalue weighted by atomic mass is 79.9. The highest BCUT2D eigenvalue weighted by Crippen LogP contribution is 2.24. The van der Waals surface area contributed by atoms with Gasteiger partial charge in [0.25, 0.3) is 0 Å². The Morgan fingerprint density at radius 3 is 2.88 bits per heavy atom. The smallest absolute Gasteiger partial charge is 0.0697 e. The molecule has 0 aliphatic rings. The molecule has 1 aromatic rings. The molecule has 0 fully saturated rings. The van der Waals surface area contributed by atoms with Crippen LogP contribution in [0.5, 0.6) is 0 Å². The summed E-state index contributed by atoms with van der Waals surface area (Å²) in [5, 5.41) is 11.8. The third-order valence-corrected chi connectivity index (χ3v) is 2.67. The summed E-state index contributed by atoms with van der Waals surface area (Å²) in [6.07, 6.45) is 0.900. The molecule has 0 aliphatic carbocycles. The second kappa shape index (κ2) is 7.49. The number of ether oxygens (including phenoxy) is 1. The van der Waals surface area contributed by atoms with Crippen molar-refractivity contribution in [1.29, 1.82) is 0 Å². The number of nitrogens with one attached hydrogen (secondary N) is 1. The molecule has 0 saturated carbocycles. The van der Waals surface area contributed by atoms with Gasteiger partial charge in [0.1, 0.15) is 0 Å². The van der Waals surface area contributed by atoms with E-state index in [-0.39, 0.29) is 6.61 Å². The van der Waals surface area contributed by atoms with E-state index >= 15 is 0 Å². The first-order valence-electron chi connectivity index (χ1n) is 5.21. The molecule has 0 atom stereocenters. The van der Waals surface area contributed by atoms with Gasteiger partial charge >= 0.3 is 0 Å². The molecular weight excluding hydrogens is 272 g/mol. The van der Waals surface area contributed by atoms with Gasteiger partial charge in [0.05, 0.1) is 13.2 Å². The van der Waals surface area contributed by atoms with Crippen LogP contribution in [0.4, 0.5) is 11.4 Å².